The molecule has 0 spiro atoms. The minimum absolute atomic E-state index is 0.125. The van der Waals surface area contributed by atoms with Crippen LogP contribution in [0.4, 0.5) is 5.69 Å². The van der Waals surface area contributed by atoms with Gasteiger partial charge in [-0.3, -0.25) is 14.4 Å². The number of hydrogen-bond donors (Lipinski definition) is 1. The maximum Gasteiger partial charge on any atom is 0.254 e. The van der Waals surface area contributed by atoms with E-state index in [1.165, 1.54) is 4.90 Å². The largest absolute Gasteiger partial charge is 0.332 e. The van der Waals surface area contributed by atoms with Crippen molar-refractivity contribution >= 4 is 23.3 Å². The van der Waals surface area contributed by atoms with Crippen LogP contribution < -0.4 is 5.32 Å². The van der Waals surface area contributed by atoms with Crippen molar-refractivity contribution in [3.8, 4) is 0 Å². The van der Waals surface area contributed by atoms with E-state index in [0.29, 0.717) is 11.1 Å². The fraction of sp³-hybridized carbons (Fsp3) is 0.160. The summed E-state index contributed by atoms with van der Waals surface area (Å²) >= 11 is 0. The highest BCUT2D eigenvalue weighted by atomic mass is 16.2. The molecule has 5 nitrogen and oxygen atoms in total. The summed E-state index contributed by atoms with van der Waals surface area (Å²) in [7, 11) is 1.55. The van der Waals surface area contributed by atoms with Crippen LogP contribution in [-0.2, 0) is 4.79 Å². The zero-order valence-corrected chi connectivity index (χ0v) is 17.3. The molecular formula is C25H24N2O3. The molecule has 0 saturated carbocycles. The van der Waals surface area contributed by atoms with Crippen LogP contribution in [0.15, 0.2) is 72.8 Å². The van der Waals surface area contributed by atoms with E-state index in [0.717, 1.165) is 16.8 Å². The molecule has 0 heterocycles. The summed E-state index contributed by atoms with van der Waals surface area (Å²) < 4.78 is 0. The summed E-state index contributed by atoms with van der Waals surface area (Å²) in [6.07, 6.45) is 0. The van der Waals surface area contributed by atoms with Crippen LogP contribution in [0.25, 0.3) is 0 Å². The minimum atomic E-state index is -0.383. The second-order valence-corrected chi connectivity index (χ2v) is 7.22. The SMILES string of the molecule is Cc1cccc(C)c1NC(=O)CN(C)C(=O)c1ccccc1C(=O)c1ccccc1. The zero-order chi connectivity index (χ0) is 21.7. The Kier molecular flexibility index (Phi) is 6.42. The Labute approximate surface area is 176 Å². The molecule has 30 heavy (non-hydrogen) atoms. The van der Waals surface area contributed by atoms with Crippen molar-refractivity contribution in [1.82, 2.24) is 4.90 Å². The van der Waals surface area contributed by atoms with Crippen LogP contribution >= 0.6 is 0 Å². The molecule has 0 aliphatic rings. The van der Waals surface area contributed by atoms with Gasteiger partial charge in [-0.1, -0.05) is 66.7 Å². The number of aryl methyl sites for hydroxylation is 2. The number of para-hydroxylation sites is 1. The summed E-state index contributed by atoms with van der Waals surface area (Å²) in [5.41, 5.74) is 3.76. The van der Waals surface area contributed by atoms with Crippen LogP contribution in [0.3, 0.4) is 0 Å². The number of nitrogens with zero attached hydrogens (tertiary/aromatic N) is 1. The van der Waals surface area contributed by atoms with Gasteiger partial charge in [0.15, 0.2) is 5.78 Å². The first-order valence-electron chi connectivity index (χ1n) is 9.69. The average Bonchev–Trinajstić information content (AvgIpc) is 2.76. The van der Waals surface area contributed by atoms with Gasteiger partial charge in [0, 0.05) is 23.9 Å². The summed E-state index contributed by atoms with van der Waals surface area (Å²) in [6.45, 7) is 3.71. The van der Waals surface area contributed by atoms with Gasteiger partial charge in [0.25, 0.3) is 5.91 Å². The third-order valence-electron chi connectivity index (χ3n) is 4.91. The predicted octanol–water partition coefficient (Wildman–Crippen LogP) is 4.25. The Morgan fingerprint density at radius 1 is 0.767 bits per heavy atom. The third-order valence-corrected chi connectivity index (χ3v) is 4.91. The zero-order valence-electron chi connectivity index (χ0n) is 17.3. The van der Waals surface area contributed by atoms with Gasteiger partial charge in [0.1, 0.15) is 0 Å². The standard InChI is InChI=1S/C25H24N2O3/c1-17-10-9-11-18(2)23(17)26-22(28)16-27(3)25(30)21-15-8-7-14-20(21)24(29)19-12-5-4-6-13-19/h4-15H,16H2,1-3H3,(H,26,28). The number of carbonyl (C=O) groups excluding carboxylic acids is 3. The molecule has 0 radical (unpaired) electrons. The molecule has 152 valence electrons. The lowest BCUT2D eigenvalue weighted by molar-refractivity contribution is -0.116. The lowest BCUT2D eigenvalue weighted by Gasteiger charge is -2.19. The highest BCUT2D eigenvalue weighted by Crippen LogP contribution is 2.20. The summed E-state index contributed by atoms with van der Waals surface area (Å²) in [6, 6.07) is 21.3. The molecule has 0 aliphatic carbocycles. The molecule has 3 aromatic rings. The maximum atomic E-state index is 13.0. The molecule has 0 atom stereocenters. The predicted molar refractivity (Wildman–Crippen MR) is 118 cm³/mol. The number of carbonyl (C=O) groups is 3. The van der Waals surface area contributed by atoms with Crippen molar-refractivity contribution in [2.24, 2.45) is 0 Å². The first kappa shape index (κ1) is 21.0. The van der Waals surface area contributed by atoms with Crippen molar-refractivity contribution in [2.75, 3.05) is 18.9 Å². The Morgan fingerprint density at radius 2 is 1.33 bits per heavy atom. The molecule has 3 rings (SSSR count). The number of amides is 2. The van der Waals surface area contributed by atoms with Crippen molar-refractivity contribution in [3.63, 3.8) is 0 Å². The monoisotopic (exact) mass is 400 g/mol. The van der Waals surface area contributed by atoms with Gasteiger partial charge in [0.05, 0.1) is 12.1 Å². The number of likely N-dealkylation sites (N-methyl/N-ethyl adjacent to an activating group) is 1. The Balaban J connectivity index is 1.77. The number of ketones is 1. The summed E-state index contributed by atoms with van der Waals surface area (Å²) in [5, 5.41) is 2.88. The highest BCUT2D eigenvalue weighted by Gasteiger charge is 2.22. The van der Waals surface area contributed by atoms with E-state index < -0.39 is 0 Å². The smallest absolute Gasteiger partial charge is 0.254 e. The van der Waals surface area contributed by atoms with E-state index in [1.807, 2.05) is 38.1 Å². The molecule has 0 saturated heterocycles. The minimum Gasteiger partial charge on any atom is -0.332 e. The summed E-state index contributed by atoms with van der Waals surface area (Å²) in [5.74, 6) is -0.908. The van der Waals surface area contributed by atoms with Crippen molar-refractivity contribution in [1.29, 1.82) is 0 Å². The second kappa shape index (κ2) is 9.18. The number of hydrogen-bond acceptors (Lipinski definition) is 3. The quantitative estimate of drug-likeness (QED) is 0.629. The van der Waals surface area contributed by atoms with Crippen LogP contribution in [0, 0.1) is 13.8 Å². The van der Waals surface area contributed by atoms with Gasteiger partial charge in [-0.2, -0.15) is 0 Å². The van der Waals surface area contributed by atoms with Gasteiger partial charge in [-0.05, 0) is 31.0 Å². The van der Waals surface area contributed by atoms with Crippen LogP contribution in [0.5, 0.6) is 0 Å². The summed E-state index contributed by atoms with van der Waals surface area (Å²) in [4.78, 5) is 39.8. The number of rotatable bonds is 6. The van der Waals surface area contributed by atoms with Crippen molar-refractivity contribution in [3.05, 3.63) is 101 Å². The molecule has 0 bridgehead atoms. The van der Waals surface area contributed by atoms with E-state index >= 15 is 0 Å². The number of nitrogens with one attached hydrogen (secondary N) is 1. The molecule has 0 aliphatic heterocycles. The number of anilines is 1. The van der Waals surface area contributed by atoms with Crippen LogP contribution in [0.1, 0.15) is 37.4 Å². The van der Waals surface area contributed by atoms with E-state index in [2.05, 4.69) is 5.32 Å². The van der Waals surface area contributed by atoms with Crippen LogP contribution in [-0.4, -0.2) is 36.1 Å². The van der Waals surface area contributed by atoms with Gasteiger partial charge >= 0.3 is 0 Å². The number of benzene rings is 3. The van der Waals surface area contributed by atoms with E-state index in [1.54, 1.807) is 55.6 Å². The molecule has 0 aromatic heterocycles. The molecule has 0 fully saturated rings. The first-order valence-corrected chi connectivity index (χ1v) is 9.69. The lowest BCUT2D eigenvalue weighted by atomic mass is 9.97. The topological polar surface area (TPSA) is 66.5 Å². The average molecular weight is 400 g/mol. The van der Waals surface area contributed by atoms with Crippen LogP contribution in [0.2, 0.25) is 0 Å². The van der Waals surface area contributed by atoms with Crippen molar-refractivity contribution < 1.29 is 14.4 Å². The van der Waals surface area contributed by atoms with E-state index in [9.17, 15) is 14.4 Å². The first-order chi connectivity index (χ1) is 14.4. The van der Waals surface area contributed by atoms with Crippen molar-refractivity contribution in [2.45, 2.75) is 13.8 Å². The normalized spacial score (nSPS) is 10.4. The Morgan fingerprint density at radius 3 is 1.97 bits per heavy atom. The lowest BCUT2D eigenvalue weighted by Crippen LogP contribution is -2.35. The molecule has 0 unspecified atom stereocenters. The second-order valence-electron chi connectivity index (χ2n) is 7.22. The third kappa shape index (κ3) is 4.63. The van der Waals surface area contributed by atoms with E-state index in [4.69, 9.17) is 0 Å². The fourth-order valence-electron chi connectivity index (χ4n) is 3.30. The molecular weight excluding hydrogens is 376 g/mol. The van der Waals surface area contributed by atoms with Gasteiger partial charge < -0.3 is 10.2 Å². The highest BCUT2D eigenvalue weighted by molar-refractivity contribution is 6.15. The molecule has 1 N–H and O–H groups in total. The van der Waals surface area contributed by atoms with E-state index in [-0.39, 0.29) is 29.7 Å². The van der Waals surface area contributed by atoms with Gasteiger partial charge in [-0.15, -0.1) is 0 Å². The Hall–Kier alpha value is -3.73. The molecule has 3 aromatic carbocycles. The Bertz CT molecular complexity index is 1070. The molecule has 2 amide bonds. The van der Waals surface area contributed by atoms with Gasteiger partial charge in [0.2, 0.25) is 5.91 Å². The maximum absolute atomic E-state index is 13.0. The van der Waals surface area contributed by atoms with Gasteiger partial charge in [-0.25, -0.2) is 0 Å². The molecule has 5 heteroatoms. The fourth-order valence-corrected chi connectivity index (χ4v) is 3.30.